The Kier molecular flexibility index (Phi) is 6.12. The first-order valence-electron chi connectivity index (χ1n) is 9.41. The van der Waals surface area contributed by atoms with Crippen LogP contribution in [0.15, 0.2) is 54.6 Å². The molecule has 0 bridgehead atoms. The van der Waals surface area contributed by atoms with Gasteiger partial charge in [-0.2, -0.15) is 0 Å². The topological polar surface area (TPSA) is 49.9 Å². The minimum atomic E-state index is 0.00358. The predicted octanol–water partition coefficient (Wildman–Crippen LogP) is 3.35. The fourth-order valence-electron chi connectivity index (χ4n) is 3.13. The van der Waals surface area contributed by atoms with Gasteiger partial charge in [0, 0.05) is 32.1 Å². The molecular weight excluding hydrogens is 340 g/mol. The van der Waals surface area contributed by atoms with Crippen molar-refractivity contribution in [1.82, 2.24) is 9.80 Å². The molecule has 0 saturated carbocycles. The van der Waals surface area contributed by atoms with Crippen molar-refractivity contribution in [2.24, 2.45) is 5.92 Å². The zero-order chi connectivity index (χ0) is 19.2. The Balaban J connectivity index is 1.50. The highest BCUT2D eigenvalue weighted by Crippen LogP contribution is 2.21. The number of rotatable bonds is 5. The maximum Gasteiger partial charge on any atom is 0.227 e. The van der Waals surface area contributed by atoms with Gasteiger partial charge in [0.05, 0.1) is 6.42 Å². The largest absolute Gasteiger partial charge is 0.457 e. The summed E-state index contributed by atoms with van der Waals surface area (Å²) in [5, 5.41) is 0. The number of carbonyl (C=O) groups is 2. The second-order valence-electron chi connectivity index (χ2n) is 7.10. The first-order chi connectivity index (χ1) is 13.0. The van der Waals surface area contributed by atoms with E-state index in [2.05, 4.69) is 0 Å². The van der Waals surface area contributed by atoms with Crippen LogP contribution in [-0.4, -0.2) is 47.8 Å². The lowest BCUT2D eigenvalue weighted by molar-refractivity contribution is -0.141. The standard InChI is InChI=1S/C22H26N2O3/c1-17(2)22(26)24-14-12-23(13-15-24)21(25)16-18-8-10-20(11-9-18)27-19-6-4-3-5-7-19/h3-11,17H,12-16H2,1-2H3. The van der Waals surface area contributed by atoms with Gasteiger partial charge in [-0.1, -0.05) is 44.2 Å². The molecule has 1 aliphatic rings. The van der Waals surface area contributed by atoms with Gasteiger partial charge in [-0.05, 0) is 29.8 Å². The maximum absolute atomic E-state index is 12.5. The van der Waals surface area contributed by atoms with E-state index in [4.69, 9.17) is 4.74 Å². The summed E-state index contributed by atoms with van der Waals surface area (Å²) in [7, 11) is 0. The van der Waals surface area contributed by atoms with E-state index < -0.39 is 0 Å². The van der Waals surface area contributed by atoms with Gasteiger partial charge in [0.1, 0.15) is 11.5 Å². The van der Waals surface area contributed by atoms with Crippen molar-refractivity contribution in [1.29, 1.82) is 0 Å². The van der Waals surface area contributed by atoms with E-state index in [0.717, 1.165) is 17.1 Å². The molecule has 3 rings (SSSR count). The quantitative estimate of drug-likeness (QED) is 0.815. The molecule has 1 aliphatic heterocycles. The van der Waals surface area contributed by atoms with Crippen LogP contribution in [0.5, 0.6) is 11.5 Å². The molecule has 2 aromatic carbocycles. The molecule has 1 saturated heterocycles. The fraction of sp³-hybridized carbons (Fsp3) is 0.364. The summed E-state index contributed by atoms with van der Waals surface area (Å²) in [6.07, 6.45) is 0.365. The summed E-state index contributed by atoms with van der Waals surface area (Å²) in [6.45, 7) is 6.26. The summed E-state index contributed by atoms with van der Waals surface area (Å²) in [6, 6.07) is 17.2. The summed E-state index contributed by atoms with van der Waals surface area (Å²) < 4.78 is 5.78. The average Bonchev–Trinajstić information content (AvgIpc) is 2.69. The number of carbonyl (C=O) groups excluding carboxylic acids is 2. The maximum atomic E-state index is 12.5. The van der Waals surface area contributed by atoms with Crippen LogP contribution in [0.3, 0.4) is 0 Å². The monoisotopic (exact) mass is 366 g/mol. The van der Waals surface area contributed by atoms with Crippen molar-refractivity contribution in [3.8, 4) is 11.5 Å². The first-order valence-corrected chi connectivity index (χ1v) is 9.41. The average molecular weight is 366 g/mol. The van der Waals surface area contributed by atoms with Crippen LogP contribution in [0.25, 0.3) is 0 Å². The van der Waals surface area contributed by atoms with Gasteiger partial charge in [0.25, 0.3) is 0 Å². The Morgan fingerprint density at radius 1 is 0.852 bits per heavy atom. The van der Waals surface area contributed by atoms with Crippen molar-refractivity contribution in [3.63, 3.8) is 0 Å². The van der Waals surface area contributed by atoms with E-state index in [1.54, 1.807) is 0 Å². The van der Waals surface area contributed by atoms with Gasteiger partial charge in [-0.15, -0.1) is 0 Å². The molecule has 1 heterocycles. The number of hydrogen-bond donors (Lipinski definition) is 0. The Bertz CT molecular complexity index is 764. The van der Waals surface area contributed by atoms with E-state index in [0.29, 0.717) is 32.6 Å². The van der Waals surface area contributed by atoms with Crippen LogP contribution < -0.4 is 4.74 Å². The molecule has 0 unspecified atom stereocenters. The summed E-state index contributed by atoms with van der Waals surface area (Å²) in [5.74, 6) is 1.80. The molecule has 2 amide bonds. The van der Waals surface area contributed by atoms with Crippen LogP contribution in [0, 0.1) is 5.92 Å². The molecule has 0 aromatic heterocycles. The first kappa shape index (κ1) is 19.0. The Labute approximate surface area is 160 Å². The summed E-state index contributed by atoms with van der Waals surface area (Å²) in [4.78, 5) is 28.3. The molecule has 0 radical (unpaired) electrons. The Hall–Kier alpha value is -2.82. The Morgan fingerprint density at radius 2 is 1.41 bits per heavy atom. The zero-order valence-electron chi connectivity index (χ0n) is 15.9. The lowest BCUT2D eigenvalue weighted by atomic mass is 10.1. The van der Waals surface area contributed by atoms with Crippen LogP contribution >= 0.6 is 0 Å². The minimum absolute atomic E-state index is 0.00358. The molecular formula is C22H26N2O3. The second kappa shape index (κ2) is 8.71. The highest BCUT2D eigenvalue weighted by molar-refractivity contribution is 5.80. The molecule has 5 nitrogen and oxygen atoms in total. The normalized spacial score (nSPS) is 14.3. The number of benzene rings is 2. The van der Waals surface area contributed by atoms with Crippen molar-refractivity contribution >= 4 is 11.8 Å². The molecule has 0 atom stereocenters. The SMILES string of the molecule is CC(C)C(=O)N1CCN(C(=O)Cc2ccc(Oc3ccccc3)cc2)CC1. The predicted molar refractivity (Wildman–Crippen MR) is 105 cm³/mol. The molecule has 2 aromatic rings. The highest BCUT2D eigenvalue weighted by Gasteiger charge is 2.25. The molecule has 5 heteroatoms. The van der Waals surface area contributed by atoms with Gasteiger partial charge in [-0.3, -0.25) is 9.59 Å². The van der Waals surface area contributed by atoms with E-state index >= 15 is 0 Å². The van der Waals surface area contributed by atoms with Crippen LogP contribution in [0.1, 0.15) is 19.4 Å². The number of hydrogen-bond acceptors (Lipinski definition) is 3. The highest BCUT2D eigenvalue weighted by atomic mass is 16.5. The third-order valence-electron chi connectivity index (χ3n) is 4.70. The third-order valence-corrected chi connectivity index (χ3v) is 4.70. The third kappa shape index (κ3) is 5.09. The van der Waals surface area contributed by atoms with Crippen molar-refractivity contribution in [3.05, 3.63) is 60.2 Å². The van der Waals surface area contributed by atoms with Gasteiger partial charge in [-0.25, -0.2) is 0 Å². The second-order valence-corrected chi connectivity index (χ2v) is 7.10. The van der Waals surface area contributed by atoms with E-state index in [9.17, 15) is 9.59 Å². The van der Waals surface area contributed by atoms with Crippen LogP contribution in [0.2, 0.25) is 0 Å². The smallest absolute Gasteiger partial charge is 0.227 e. The number of nitrogens with zero attached hydrogens (tertiary/aromatic N) is 2. The van der Waals surface area contributed by atoms with Crippen molar-refractivity contribution < 1.29 is 14.3 Å². The molecule has 0 aliphatic carbocycles. The lowest BCUT2D eigenvalue weighted by Gasteiger charge is -2.35. The van der Waals surface area contributed by atoms with Gasteiger partial charge >= 0.3 is 0 Å². The Morgan fingerprint density at radius 3 is 2.00 bits per heavy atom. The van der Waals surface area contributed by atoms with Crippen molar-refractivity contribution in [2.75, 3.05) is 26.2 Å². The summed E-state index contributed by atoms with van der Waals surface area (Å²) in [5.41, 5.74) is 0.959. The number of amides is 2. The number of para-hydroxylation sites is 1. The molecule has 27 heavy (non-hydrogen) atoms. The molecule has 1 fully saturated rings. The van der Waals surface area contributed by atoms with Crippen molar-refractivity contribution in [2.45, 2.75) is 20.3 Å². The summed E-state index contributed by atoms with van der Waals surface area (Å²) >= 11 is 0. The lowest BCUT2D eigenvalue weighted by Crippen LogP contribution is -2.51. The van der Waals surface area contributed by atoms with Crippen LogP contribution in [0.4, 0.5) is 0 Å². The number of ether oxygens (including phenoxy) is 1. The van der Waals surface area contributed by atoms with Gasteiger partial charge in [0.15, 0.2) is 0 Å². The minimum Gasteiger partial charge on any atom is -0.457 e. The fourth-order valence-corrected chi connectivity index (χ4v) is 3.13. The zero-order valence-corrected chi connectivity index (χ0v) is 15.9. The van der Waals surface area contributed by atoms with E-state index in [1.165, 1.54) is 0 Å². The van der Waals surface area contributed by atoms with Crippen LogP contribution in [-0.2, 0) is 16.0 Å². The van der Waals surface area contributed by atoms with Gasteiger partial charge < -0.3 is 14.5 Å². The van der Waals surface area contributed by atoms with E-state index in [-0.39, 0.29) is 17.7 Å². The molecule has 0 spiro atoms. The molecule has 0 N–H and O–H groups in total. The number of piperazine rings is 1. The van der Waals surface area contributed by atoms with E-state index in [1.807, 2.05) is 78.2 Å². The van der Waals surface area contributed by atoms with Gasteiger partial charge in [0.2, 0.25) is 11.8 Å². The molecule has 142 valence electrons.